The lowest BCUT2D eigenvalue weighted by Crippen LogP contribution is -2.17. The SMILES string of the molecule is CN=Cc1cc(-c2cc(Cl)c3cc(N4CCCC4)cnc3n2)c(O)cc1N. The van der Waals surface area contributed by atoms with E-state index in [1.54, 1.807) is 25.4 Å². The van der Waals surface area contributed by atoms with Crippen LogP contribution in [0.3, 0.4) is 0 Å². The molecule has 1 fully saturated rings. The first-order valence-corrected chi connectivity index (χ1v) is 9.21. The molecule has 3 N–H and O–H groups in total. The number of phenolic OH excluding ortho intramolecular Hbond substituents is 1. The number of aromatic hydroxyl groups is 1. The molecule has 0 amide bonds. The first kappa shape index (κ1) is 17.5. The molecule has 7 heteroatoms. The Hall–Kier alpha value is -2.86. The highest BCUT2D eigenvalue weighted by Crippen LogP contribution is 2.35. The Bertz CT molecular complexity index is 1040. The van der Waals surface area contributed by atoms with Gasteiger partial charge in [0.1, 0.15) is 5.75 Å². The van der Waals surface area contributed by atoms with Crippen LogP contribution in [0.25, 0.3) is 22.3 Å². The minimum Gasteiger partial charge on any atom is -0.507 e. The summed E-state index contributed by atoms with van der Waals surface area (Å²) in [5.74, 6) is 0.0392. The molecule has 1 saturated heterocycles. The number of nitrogens with two attached hydrogens (primary N) is 1. The van der Waals surface area contributed by atoms with E-state index in [9.17, 15) is 5.11 Å². The molecule has 1 aliphatic heterocycles. The Morgan fingerprint density at radius 2 is 2.00 bits per heavy atom. The molecule has 27 heavy (non-hydrogen) atoms. The zero-order valence-corrected chi connectivity index (χ0v) is 15.7. The van der Waals surface area contributed by atoms with Crippen LogP contribution in [-0.2, 0) is 0 Å². The number of pyridine rings is 2. The zero-order valence-electron chi connectivity index (χ0n) is 15.0. The molecule has 0 spiro atoms. The third-order valence-corrected chi connectivity index (χ3v) is 5.13. The van der Waals surface area contributed by atoms with Crippen molar-refractivity contribution in [1.29, 1.82) is 0 Å². The van der Waals surface area contributed by atoms with Crippen molar-refractivity contribution in [1.82, 2.24) is 9.97 Å². The van der Waals surface area contributed by atoms with E-state index < -0.39 is 0 Å². The van der Waals surface area contributed by atoms with Crippen molar-refractivity contribution in [2.24, 2.45) is 4.99 Å². The number of hydrogen-bond donors (Lipinski definition) is 2. The van der Waals surface area contributed by atoms with E-state index in [1.165, 1.54) is 18.9 Å². The van der Waals surface area contributed by atoms with Crippen molar-refractivity contribution in [3.63, 3.8) is 0 Å². The van der Waals surface area contributed by atoms with Gasteiger partial charge in [0.15, 0.2) is 5.65 Å². The molecular formula is C20H20ClN5O. The molecule has 1 aliphatic rings. The van der Waals surface area contributed by atoms with Crippen LogP contribution >= 0.6 is 11.6 Å². The number of anilines is 2. The maximum Gasteiger partial charge on any atom is 0.161 e. The van der Waals surface area contributed by atoms with Gasteiger partial charge in [0.2, 0.25) is 0 Å². The van der Waals surface area contributed by atoms with Gasteiger partial charge in [-0.1, -0.05) is 11.6 Å². The molecule has 0 aliphatic carbocycles. The first-order valence-electron chi connectivity index (χ1n) is 8.83. The van der Waals surface area contributed by atoms with Gasteiger partial charge >= 0.3 is 0 Å². The second-order valence-electron chi connectivity index (χ2n) is 6.63. The second-order valence-corrected chi connectivity index (χ2v) is 7.04. The monoisotopic (exact) mass is 381 g/mol. The van der Waals surface area contributed by atoms with Gasteiger partial charge in [-0.05, 0) is 31.0 Å². The summed E-state index contributed by atoms with van der Waals surface area (Å²) < 4.78 is 0. The average molecular weight is 382 g/mol. The molecular weight excluding hydrogens is 362 g/mol. The largest absolute Gasteiger partial charge is 0.507 e. The number of nitrogen functional groups attached to an aromatic ring is 1. The van der Waals surface area contributed by atoms with Gasteiger partial charge in [-0.15, -0.1) is 0 Å². The lowest BCUT2D eigenvalue weighted by molar-refractivity contribution is 0.477. The highest BCUT2D eigenvalue weighted by atomic mass is 35.5. The predicted octanol–water partition coefficient (Wildman–Crippen LogP) is 3.89. The maximum atomic E-state index is 10.4. The molecule has 0 saturated carbocycles. The minimum absolute atomic E-state index is 0.0392. The summed E-state index contributed by atoms with van der Waals surface area (Å²) in [4.78, 5) is 15.4. The van der Waals surface area contributed by atoms with Gasteiger partial charge in [-0.25, -0.2) is 9.97 Å². The standard InChI is InChI=1S/C20H20ClN5O/c1-23-10-12-6-15(19(27)9-17(12)22)18-8-16(21)14-7-13(11-24-20(14)25-18)26-4-2-3-5-26/h6-11,27H,2-5,22H2,1H3. The van der Waals surface area contributed by atoms with E-state index >= 15 is 0 Å². The number of aromatic nitrogens is 2. The third-order valence-electron chi connectivity index (χ3n) is 4.82. The number of aliphatic imine (C=N–C) groups is 1. The molecule has 0 bridgehead atoms. The van der Waals surface area contributed by atoms with Crippen LogP contribution < -0.4 is 10.6 Å². The summed E-state index contributed by atoms with van der Waals surface area (Å²) in [6.45, 7) is 2.08. The third kappa shape index (κ3) is 3.28. The minimum atomic E-state index is 0.0392. The van der Waals surface area contributed by atoms with Gasteiger partial charge in [0.05, 0.1) is 22.6 Å². The molecule has 138 valence electrons. The van der Waals surface area contributed by atoms with Crippen LogP contribution in [0, 0.1) is 0 Å². The van der Waals surface area contributed by atoms with Crippen molar-refractivity contribution < 1.29 is 5.11 Å². The summed E-state index contributed by atoms with van der Waals surface area (Å²) in [5, 5.41) is 11.7. The van der Waals surface area contributed by atoms with Gasteiger partial charge in [-0.3, -0.25) is 4.99 Å². The second kappa shape index (κ2) is 7.04. The van der Waals surface area contributed by atoms with Gasteiger partial charge in [0, 0.05) is 54.6 Å². The number of phenols is 1. The maximum absolute atomic E-state index is 10.4. The lowest BCUT2D eigenvalue weighted by atomic mass is 10.0. The van der Waals surface area contributed by atoms with E-state index in [1.807, 2.05) is 12.3 Å². The fourth-order valence-corrected chi connectivity index (χ4v) is 3.66. The van der Waals surface area contributed by atoms with Crippen LogP contribution in [0.5, 0.6) is 5.75 Å². The molecule has 1 aromatic carbocycles. The summed E-state index contributed by atoms with van der Waals surface area (Å²) in [6, 6.07) is 7.03. The number of fused-ring (bicyclic) bond motifs is 1. The Morgan fingerprint density at radius 1 is 1.22 bits per heavy atom. The topological polar surface area (TPSA) is 87.6 Å². The predicted molar refractivity (Wildman–Crippen MR) is 111 cm³/mol. The molecule has 2 aromatic heterocycles. The Morgan fingerprint density at radius 3 is 2.74 bits per heavy atom. The molecule has 3 heterocycles. The van der Waals surface area contributed by atoms with E-state index in [-0.39, 0.29) is 5.75 Å². The summed E-state index contributed by atoms with van der Waals surface area (Å²) in [6.07, 6.45) is 5.87. The van der Waals surface area contributed by atoms with E-state index in [0.29, 0.717) is 33.2 Å². The molecule has 4 rings (SSSR count). The normalized spacial score (nSPS) is 14.5. The quantitative estimate of drug-likeness (QED) is 0.531. The van der Waals surface area contributed by atoms with Crippen molar-refractivity contribution in [3.8, 4) is 17.0 Å². The fourth-order valence-electron chi connectivity index (χ4n) is 3.42. The van der Waals surface area contributed by atoms with E-state index in [4.69, 9.17) is 17.3 Å². The first-order chi connectivity index (χ1) is 13.1. The average Bonchev–Trinajstić information content (AvgIpc) is 3.18. The highest BCUT2D eigenvalue weighted by molar-refractivity contribution is 6.35. The fraction of sp³-hybridized carbons (Fsp3) is 0.250. The van der Waals surface area contributed by atoms with Gasteiger partial charge in [-0.2, -0.15) is 0 Å². The van der Waals surface area contributed by atoms with Crippen LogP contribution in [0.15, 0.2) is 35.5 Å². The number of benzene rings is 1. The number of rotatable bonds is 3. The van der Waals surface area contributed by atoms with Crippen molar-refractivity contribution in [2.75, 3.05) is 30.8 Å². The zero-order chi connectivity index (χ0) is 19.0. The van der Waals surface area contributed by atoms with E-state index in [0.717, 1.165) is 24.2 Å². The van der Waals surface area contributed by atoms with E-state index in [2.05, 4.69) is 19.9 Å². The molecule has 3 aromatic rings. The van der Waals surface area contributed by atoms with Crippen molar-refractivity contribution >= 4 is 40.2 Å². The molecule has 0 unspecified atom stereocenters. The summed E-state index contributed by atoms with van der Waals surface area (Å²) in [7, 11) is 1.67. The molecule has 6 nitrogen and oxygen atoms in total. The molecule has 0 radical (unpaired) electrons. The number of halogens is 1. The Balaban J connectivity index is 1.82. The Kier molecular flexibility index (Phi) is 4.58. The van der Waals surface area contributed by atoms with Gasteiger partial charge < -0.3 is 15.7 Å². The van der Waals surface area contributed by atoms with Crippen molar-refractivity contribution in [2.45, 2.75) is 12.8 Å². The summed E-state index contributed by atoms with van der Waals surface area (Å²) >= 11 is 6.54. The van der Waals surface area contributed by atoms with Crippen LogP contribution in [-0.4, -0.2) is 41.4 Å². The lowest BCUT2D eigenvalue weighted by Gasteiger charge is -2.17. The van der Waals surface area contributed by atoms with Crippen LogP contribution in [0.1, 0.15) is 18.4 Å². The van der Waals surface area contributed by atoms with Crippen LogP contribution in [0.2, 0.25) is 5.02 Å². The smallest absolute Gasteiger partial charge is 0.161 e. The van der Waals surface area contributed by atoms with Crippen molar-refractivity contribution in [3.05, 3.63) is 41.0 Å². The Labute approximate surface area is 162 Å². The molecule has 0 atom stereocenters. The van der Waals surface area contributed by atoms with Gasteiger partial charge in [0.25, 0.3) is 0 Å². The highest BCUT2D eigenvalue weighted by Gasteiger charge is 2.16. The number of nitrogens with zero attached hydrogens (tertiary/aromatic N) is 4. The summed E-state index contributed by atoms with van der Waals surface area (Å²) in [5.41, 5.74) is 9.77. The van der Waals surface area contributed by atoms with Crippen LogP contribution in [0.4, 0.5) is 11.4 Å². The number of hydrogen-bond acceptors (Lipinski definition) is 6.